The van der Waals surface area contributed by atoms with Crippen molar-refractivity contribution >= 4 is 17.6 Å². The van der Waals surface area contributed by atoms with Crippen LogP contribution < -0.4 is 5.32 Å². The predicted molar refractivity (Wildman–Crippen MR) is 76.5 cm³/mol. The zero-order chi connectivity index (χ0) is 15.5. The SMILES string of the molecule is CC1(C(=O)O)CCCN1CCC(=O)Nc1ccccc1F. The molecule has 114 valence electrons. The summed E-state index contributed by atoms with van der Waals surface area (Å²) in [5, 5.41) is 11.8. The van der Waals surface area contributed by atoms with E-state index in [1.807, 2.05) is 0 Å². The van der Waals surface area contributed by atoms with Crippen LogP contribution in [0.15, 0.2) is 24.3 Å². The van der Waals surface area contributed by atoms with Crippen LogP contribution in [0.25, 0.3) is 0 Å². The van der Waals surface area contributed by atoms with E-state index in [1.54, 1.807) is 24.0 Å². The molecule has 1 saturated heterocycles. The summed E-state index contributed by atoms with van der Waals surface area (Å²) < 4.78 is 13.4. The lowest BCUT2D eigenvalue weighted by Gasteiger charge is -2.30. The molecule has 6 heteroatoms. The lowest BCUT2D eigenvalue weighted by atomic mass is 9.99. The fourth-order valence-electron chi connectivity index (χ4n) is 2.63. The highest BCUT2D eigenvalue weighted by molar-refractivity contribution is 5.91. The van der Waals surface area contributed by atoms with Gasteiger partial charge >= 0.3 is 5.97 Å². The number of likely N-dealkylation sites (tertiary alicyclic amines) is 1. The molecule has 21 heavy (non-hydrogen) atoms. The summed E-state index contributed by atoms with van der Waals surface area (Å²) in [6.45, 7) is 2.69. The summed E-state index contributed by atoms with van der Waals surface area (Å²) >= 11 is 0. The minimum atomic E-state index is -0.904. The molecule has 0 bridgehead atoms. The maximum absolute atomic E-state index is 13.4. The van der Waals surface area contributed by atoms with E-state index in [1.165, 1.54) is 12.1 Å². The summed E-state index contributed by atoms with van der Waals surface area (Å²) in [6.07, 6.45) is 1.52. The molecule has 1 aliphatic rings. The van der Waals surface area contributed by atoms with Crippen LogP contribution in [0.3, 0.4) is 0 Å². The van der Waals surface area contributed by atoms with Gasteiger partial charge in [-0.25, -0.2) is 4.39 Å². The highest BCUT2D eigenvalue weighted by Crippen LogP contribution is 2.29. The van der Waals surface area contributed by atoms with E-state index in [0.717, 1.165) is 6.42 Å². The maximum Gasteiger partial charge on any atom is 0.323 e. The molecular formula is C15H19FN2O3. The van der Waals surface area contributed by atoms with Crippen molar-refractivity contribution in [2.75, 3.05) is 18.4 Å². The molecule has 1 aliphatic heterocycles. The number of carbonyl (C=O) groups is 2. The van der Waals surface area contributed by atoms with Gasteiger partial charge in [0.15, 0.2) is 0 Å². The number of benzene rings is 1. The van der Waals surface area contributed by atoms with Crippen LogP contribution in [0.4, 0.5) is 10.1 Å². The van der Waals surface area contributed by atoms with Crippen LogP contribution in [0.1, 0.15) is 26.2 Å². The van der Waals surface area contributed by atoms with Gasteiger partial charge < -0.3 is 10.4 Å². The summed E-state index contributed by atoms with van der Waals surface area (Å²) in [6, 6.07) is 5.95. The lowest BCUT2D eigenvalue weighted by molar-refractivity contribution is -0.148. The van der Waals surface area contributed by atoms with Crippen molar-refractivity contribution in [3.63, 3.8) is 0 Å². The highest BCUT2D eigenvalue weighted by Gasteiger charge is 2.42. The first-order valence-electron chi connectivity index (χ1n) is 6.96. The average Bonchev–Trinajstić information content (AvgIpc) is 2.82. The minimum absolute atomic E-state index is 0.136. The Kier molecular flexibility index (Phi) is 4.57. The van der Waals surface area contributed by atoms with Crippen molar-refractivity contribution in [2.24, 2.45) is 0 Å². The van der Waals surface area contributed by atoms with Crippen molar-refractivity contribution < 1.29 is 19.1 Å². The van der Waals surface area contributed by atoms with Gasteiger partial charge in [0.2, 0.25) is 5.91 Å². The van der Waals surface area contributed by atoms with E-state index >= 15 is 0 Å². The Morgan fingerprint density at radius 2 is 2.14 bits per heavy atom. The van der Waals surface area contributed by atoms with E-state index in [4.69, 9.17) is 0 Å². The number of aliphatic carboxylic acids is 1. The number of hydrogen-bond acceptors (Lipinski definition) is 3. The van der Waals surface area contributed by atoms with E-state index < -0.39 is 17.3 Å². The van der Waals surface area contributed by atoms with Crippen molar-refractivity contribution in [1.82, 2.24) is 4.90 Å². The smallest absolute Gasteiger partial charge is 0.323 e. The van der Waals surface area contributed by atoms with Crippen molar-refractivity contribution in [3.8, 4) is 0 Å². The molecule has 1 unspecified atom stereocenters. The number of nitrogens with one attached hydrogen (secondary N) is 1. The Labute approximate surface area is 122 Å². The minimum Gasteiger partial charge on any atom is -0.480 e. The number of carbonyl (C=O) groups excluding carboxylic acids is 1. The van der Waals surface area contributed by atoms with E-state index in [9.17, 15) is 19.1 Å². The van der Waals surface area contributed by atoms with Gasteiger partial charge in [-0.05, 0) is 38.4 Å². The van der Waals surface area contributed by atoms with Gasteiger partial charge in [0, 0.05) is 13.0 Å². The Bertz CT molecular complexity index is 549. The maximum atomic E-state index is 13.4. The summed E-state index contributed by atoms with van der Waals surface area (Å²) in [5.74, 6) is -1.67. The van der Waals surface area contributed by atoms with Crippen molar-refractivity contribution in [2.45, 2.75) is 31.7 Å². The van der Waals surface area contributed by atoms with Crippen LogP contribution in [0.5, 0.6) is 0 Å². The molecule has 5 nitrogen and oxygen atoms in total. The summed E-state index contributed by atoms with van der Waals surface area (Å²) in [7, 11) is 0. The quantitative estimate of drug-likeness (QED) is 0.872. The fourth-order valence-corrected chi connectivity index (χ4v) is 2.63. The second-order valence-electron chi connectivity index (χ2n) is 5.45. The third kappa shape index (κ3) is 3.39. The Balaban J connectivity index is 1.90. The highest BCUT2D eigenvalue weighted by atomic mass is 19.1. The third-order valence-corrected chi connectivity index (χ3v) is 4.01. The molecule has 1 aromatic carbocycles. The molecule has 2 rings (SSSR count). The molecule has 0 aliphatic carbocycles. The normalized spacial score (nSPS) is 22.2. The van der Waals surface area contributed by atoms with Gasteiger partial charge in [-0.1, -0.05) is 12.1 Å². The number of anilines is 1. The predicted octanol–water partition coefficient (Wildman–Crippen LogP) is 2.09. The van der Waals surface area contributed by atoms with E-state index in [0.29, 0.717) is 19.5 Å². The molecule has 1 fully saturated rings. The molecule has 1 heterocycles. The summed E-state index contributed by atoms with van der Waals surface area (Å²) in [4.78, 5) is 25.0. The Morgan fingerprint density at radius 3 is 2.81 bits per heavy atom. The Hall–Kier alpha value is -1.95. The second-order valence-corrected chi connectivity index (χ2v) is 5.45. The standard InChI is InChI=1S/C15H19FN2O3/c1-15(14(20)21)8-4-9-18(15)10-7-13(19)17-12-6-3-2-5-11(12)16/h2-3,5-6H,4,7-10H2,1H3,(H,17,19)(H,20,21). The van der Waals surface area contributed by atoms with E-state index in [2.05, 4.69) is 5.32 Å². The van der Waals surface area contributed by atoms with Gasteiger partial charge in [0.05, 0.1) is 5.69 Å². The number of amides is 1. The van der Waals surface area contributed by atoms with Gasteiger partial charge in [-0.15, -0.1) is 0 Å². The number of nitrogens with zero attached hydrogens (tertiary/aromatic N) is 1. The van der Waals surface area contributed by atoms with Crippen LogP contribution in [-0.4, -0.2) is 40.5 Å². The number of hydrogen-bond donors (Lipinski definition) is 2. The molecule has 0 aromatic heterocycles. The van der Waals surface area contributed by atoms with Gasteiger partial charge in [-0.2, -0.15) is 0 Å². The van der Waals surface area contributed by atoms with Crippen LogP contribution >= 0.6 is 0 Å². The number of carboxylic acid groups (broad SMARTS) is 1. The first-order valence-corrected chi connectivity index (χ1v) is 6.96. The van der Waals surface area contributed by atoms with E-state index in [-0.39, 0.29) is 18.0 Å². The number of rotatable bonds is 5. The molecule has 2 N–H and O–H groups in total. The number of para-hydroxylation sites is 1. The van der Waals surface area contributed by atoms with Gasteiger partial charge in [-0.3, -0.25) is 14.5 Å². The van der Waals surface area contributed by atoms with Crippen LogP contribution in [0.2, 0.25) is 0 Å². The van der Waals surface area contributed by atoms with Crippen LogP contribution in [0, 0.1) is 5.82 Å². The monoisotopic (exact) mass is 294 g/mol. The van der Waals surface area contributed by atoms with Crippen molar-refractivity contribution in [1.29, 1.82) is 0 Å². The average molecular weight is 294 g/mol. The molecule has 1 aromatic rings. The molecule has 1 amide bonds. The first kappa shape index (κ1) is 15.4. The molecule has 1 atom stereocenters. The zero-order valence-electron chi connectivity index (χ0n) is 11.9. The van der Waals surface area contributed by atoms with Gasteiger partial charge in [0.25, 0.3) is 0 Å². The Morgan fingerprint density at radius 1 is 1.43 bits per heavy atom. The van der Waals surface area contributed by atoms with Crippen LogP contribution in [-0.2, 0) is 9.59 Å². The molecule has 0 radical (unpaired) electrons. The molecule has 0 spiro atoms. The third-order valence-electron chi connectivity index (χ3n) is 4.01. The van der Waals surface area contributed by atoms with Gasteiger partial charge in [0.1, 0.15) is 11.4 Å². The second kappa shape index (κ2) is 6.22. The first-order chi connectivity index (χ1) is 9.93. The van der Waals surface area contributed by atoms with Crippen molar-refractivity contribution in [3.05, 3.63) is 30.1 Å². The number of halogens is 1. The lowest BCUT2D eigenvalue weighted by Crippen LogP contribution is -2.48. The largest absolute Gasteiger partial charge is 0.480 e. The topological polar surface area (TPSA) is 69.6 Å². The fraction of sp³-hybridized carbons (Fsp3) is 0.467. The molecule has 0 saturated carbocycles. The zero-order valence-corrected chi connectivity index (χ0v) is 11.9. The number of carboxylic acids is 1. The summed E-state index contributed by atoms with van der Waals surface area (Å²) in [5.41, 5.74) is -0.761. The molecular weight excluding hydrogens is 275 g/mol.